The molecule has 0 amide bonds. The van der Waals surface area contributed by atoms with Gasteiger partial charge >= 0.3 is 0 Å². The molecule has 0 bridgehead atoms. The van der Waals surface area contributed by atoms with Crippen molar-refractivity contribution in [2.45, 2.75) is 13.0 Å². The van der Waals surface area contributed by atoms with Crippen molar-refractivity contribution in [3.63, 3.8) is 0 Å². The Balaban J connectivity index is 2.47. The van der Waals surface area contributed by atoms with Crippen molar-refractivity contribution in [2.75, 3.05) is 13.6 Å². The van der Waals surface area contributed by atoms with Gasteiger partial charge < -0.3 is 9.69 Å². The summed E-state index contributed by atoms with van der Waals surface area (Å²) in [6.07, 6.45) is 1.56. The molecule has 0 aliphatic rings. The van der Waals surface area contributed by atoms with E-state index in [9.17, 15) is 4.79 Å². The van der Waals surface area contributed by atoms with E-state index in [1.165, 1.54) is 5.56 Å². The molecule has 0 heterocycles. The first-order chi connectivity index (χ1) is 6.72. The fraction of sp³-hybridized carbons (Fsp3) is 0.364. The molecule has 1 aromatic carbocycles. The molecule has 1 rings (SSSR count). The molecular formula is C11H14BrNO. The second-order valence-electron chi connectivity index (χ2n) is 3.32. The molecule has 0 saturated heterocycles. The van der Waals surface area contributed by atoms with Crippen LogP contribution in [0.2, 0.25) is 0 Å². The van der Waals surface area contributed by atoms with E-state index in [-0.39, 0.29) is 0 Å². The minimum Gasteiger partial charge on any atom is -0.303 e. The van der Waals surface area contributed by atoms with Gasteiger partial charge in [-0.1, -0.05) is 28.1 Å². The number of hydrogen-bond donors (Lipinski definition) is 0. The Bertz CT molecular complexity index is 301. The standard InChI is InChI=1S/C11H14BrNO/c1-13(6-3-7-14)9-10-4-2-5-11(12)8-10/h2,4-5,7-8H,3,6,9H2,1H3. The number of nitrogens with zero attached hydrogens (tertiary/aromatic N) is 1. The van der Waals surface area contributed by atoms with Gasteiger partial charge in [-0.25, -0.2) is 0 Å². The highest BCUT2D eigenvalue weighted by Crippen LogP contribution is 2.12. The van der Waals surface area contributed by atoms with Gasteiger partial charge in [-0.3, -0.25) is 0 Å². The zero-order valence-electron chi connectivity index (χ0n) is 8.24. The quantitative estimate of drug-likeness (QED) is 0.754. The van der Waals surface area contributed by atoms with Crippen LogP contribution in [0.25, 0.3) is 0 Å². The van der Waals surface area contributed by atoms with Gasteiger partial charge in [0.25, 0.3) is 0 Å². The average Bonchev–Trinajstić information content (AvgIpc) is 2.15. The van der Waals surface area contributed by atoms with Crippen molar-refractivity contribution >= 4 is 22.2 Å². The van der Waals surface area contributed by atoms with E-state index < -0.39 is 0 Å². The number of benzene rings is 1. The van der Waals surface area contributed by atoms with Crippen LogP contribution in [0.15, 0.2) is 28.7 Å². The Labute approximate surface area is 93.0 Å². The number of carbonyl (C=O) groups is 1. The monoisotopic (exact) mass is 255 g/mol. The third-order valence-electron chi connectivity index (χ3n) is 1.97. The van der Waals surface area contributed by atoms with E-state index in [2.05, 4.69) is 33.0 Å². The molecule has 0 spiro atoms. The number of carbonyl (C=O) groups excluding carboxylic acids is 1. The third-order valence-corrected chi connectivity index (χ3v) is 2.46. The fourth-order valence-corrected chi connectivity index (χ4v) is 1.75. The first-order valence-electron chi connectivity index (χ1n) is 4.59. The first kappa shape index (κ1) is 11.4. The summed E-state index contributed by atoms with van der Waals surface area (Å²) in [7, 11) is 2.02. The fourth-order valence-electron chi connectivity index (χ4n) is 1.30. The second-order valence-corrected chi connectivity index (χ2v) is 4.24. The van der Waals surface area contributed by atoms with Gasteiger partial charge in [-0.15, -0.1) is 0 Å². The normalized spacial score (nSPS) is 10.5. The van der Waals surface area contributed by atoms with Crippen LogP contribution < -0.4 is 0 Å². The second kappa shape index (κ2) is 5.94. The highest BCUT2D eigenvalue weighted by Gasteiger charge is 1.99. The molecule has 1 aromatic rings. The van der Waals surface area contributed by atoms with Crippen LogP contribution in [0.4, 0.5) is 0 Å². The number of aldehydes is 1. The maximum atomic E-state index is 10.2. The minimum atomic E-state index is 0.602. The van der Waals surface area contributed by atoms with E-state index in [0.29, 0.717) is 6.42 Å². The topological polar surface area (TPSA) is 20.3 Å². The first-order valence-corrected chi connectivity index (χ1v) is 5.38. The highest BCUT2D eigenvalue weighted by atomic mass is 79.9. The molecular weight excluding hydrogens is 242 g/mol. The van der Waals surface area contributed by atoms with Gasteiger partial charge in [0.15, 0.2) is 0 Å². The van der Waals surface area contributed by atoms with Gasteiger partial charge in [0.1, 0.15) is 6.29 Å². The maximum absolute atomic E-state index is 10.2. The lowest BCUT2D eigenvalue weighted by molar-refractivity contribution is -0.108. The summed E-state index contributed by atoms with van der Waals surface area (Å²) in [6, 6.07) is 8.21. The molecule has 3 heteroatoms. The van der Waals surface area contributed by atoms with Gasteiger partial charge in [0.2, 0.25) is 0 Å². The summed E-state index contributed by atoms with van der Waals surface area (Å²) in [5, 5.41) is 0. The van der Waals surface area contributed by atoms with Gasteiger partial charge in [-0.2, -0.15) is 0 Å². The summed E-state index contributed by atoms with van der Waals surface area (Å²) in [5.41, 5.74) is 1.26. The summed E-state index contributed by atoms with van der Waals surface area (Å²) in [4.78, 5) is 12.3. The molecule has 0 radical (unpaired) electrons. The summed E-state index contributed by atoms with van der Waals surface area (Å²) in [6.45, 7) is 1.70. The number of halogens is 1. The lowest BCUT2D eigenvalue weighted by Gasteiger charge is -2.14. The Kier molecular flexibility index (Phi) is 4.84. The molecule has 14 heavy (non-hydrogen) atoms. The predicted octanol–water partition coefficient (Wildman–Crippen LogP) is 2.47. The number of hydrogen-bond acceptors (Lipinski definition) is 2. The molecule has 0 aliphatic heterocycles. The lowest BCUT2D eigenvalue weighted by Crippen LogP contribution is -2.19. The van der Waals surface area contributed by atoms with Crippen LogP contribution in [0.5, 0.6) is 0 Å². The lowest BCUT2D eigenvalue weighted by atomic mass is 10.2. The van der Waals surface area contributed by atoms with Gasteiger partial charge in [0.05, 0.1) is 0 Å². The molecule has 76 valence electrons. The molecule has 0 aromatic heterocycles. The van der Waals surface area contributed by atoms with E-state index in [4.69, 9.17) is 0 Å². The van der Waals surface area contributed by atoms with Crippen LogP contribution in [0, 0.1) is 0 Å². The average molecular weight is 256 g/mol. The largest absolute Gasteiger partial charge is 0.303 e. The maximum Gasteiger partial charge on any atom is 0.121 e. The molecule has 0 unspecified atom stereocenters. The Morgan fingerprint density at radius 1 is 1.50 bits per heavy atom. The highest BCUT2D eigenvalue weighted by molar-refractivity contribution is 9.10. The molecule has 0 saturated carbocycles. The van der Waals surface area contributed by atoms with Crippen molar-refractivity contribution in [1.82, 2.24) is 4.90 Å². The van der Waals surface area contributed by atoms with E-state index in [0.717, 1.165) is 23.8 Å². The third kappa shape index (κ3) is 4.03. The molecule has 0 aliphatic carbocycles. The van der Waals surface area contributed by atoms with Crippen LogP contribution in [-0.4, -0.2) is 24.8 Å². The zero-order chi connectivity index (χ0) is 10.4. The van der Waals surface area contributed by atoms with Crippen LogP contribution in [0.3, 0.4) is 0 Å². The number of rotatable bonds is 5. The van der Waals surface area contributed by atoms with Crippen LogP contribution in [-0.2, 0) is 11.3 Å². The van der Waals surface area contributed by atoms with Crippen molar-refractivity contribution in [3.05, 3.63) is 34.3 Å². The van der Waals surface area contributed by atoms with Crippen LogP contribution in [0.1, 0.15) is 12.0 Å². The molecule has 2 nitrogen and oxygen atoms in total. The molecule has 0 atom stereocenters. The van der Waals surface area contributed by atoms with E-state index in [1.807, 2.05) is 19.2 Å². The van der Waals surface area contributed by atoms with Crippen molar-refractivity contribution < 1.29 is 4.79 Å². The smallest absolute Gasteiger partial charge is 0.121 e. The molecule has 0 fully saturated rings. The summed E-state index contributed by atoms with van der Waals surface area (Å²) in [5.74, 6) is 0. The van der Waals surface area contributed by atoms with E-state index >= 15 is 0 Å². The van der Waals surface area contributed by atoms with E-state index in [1.54, 1.807) is 0 Å². The Hall–Kier alpha value is -0.670. The summed E-state index contributed by atoms with van der Waals surface area (Å²) >= 11 is 3.43. The minimum absolute atomic E-state index is 0.602. The van der Waals surface area contributed by atoms with Crippen molar-refractivity contribution in [3.8, 4) is 0 Å². The predicted molar refractivity (Wildman–Crippen MR) is 61.2 cm³/mol. The van der Waals surface area contributed by atoms with Crippen molar-refractivity contribution in [1.29, 1.82) is 0 Å². The zero-order valence-corrected chi connectivity index (χ0v) is 9.83. The van der Waals surface area contributed by atoms with Gasteiger partial charge in [-0.05, 0) is 24.7 Å². The Morgan fingerprint density at radius 3 is 2.93 bits per heavy atom. The van der Waals surface area contributed by atoms with Crippen LogP contribution >= 0.6 is 15.9 Å². The summed E-state index contributed by atoms with van der Waals surface area (Å²) < 4.78 is 1.10. The van der Waals surface area contributed by atoms with Crippen molar-refractivity contribution in [2.24, 2.45) is 0 Å². The Morgan fingerprint density at radius 2 is 2.29 bits per heavy atom. The SMILES string of the molecule is CN(CCC=O)Cc1cccc(Br)c1. The molecule has 0 N–H and O–H groups in total. The van der Waals surface area contributed by atoms with Gasteiger partial charge in [0, 0.05) is 24.0 Å².